The second-order valence-corrected chi connectivity index (χ2v) is 6.51. The van der Waals surface area contributed by atoms with E-state index in [4.69, 9.17) is 13.9 Å². The lowest BCUT2D eigenvalue weighted by molar-refractivity contribution is -0.121. The Kier molecular flexibility index (Phi) is 7.28. The fraction of sp³-hybridized carbons (Fsp3) is 0.400. The Bertz CT molecular complexity index is 769. The first-order valence-electron chi connectivity index (χ1n) is 8.83. The van der Waals surface area contributed by atoms with Crippen molar-refractivity contribution in [3.05, 3.63) is 47.9 Å². The Hall–Kier alpha value is -2.96. The summed E-state index contributed by atoms with van der Waals surface area (Å²) < 4.78 is 16.4. The first kappa shape index (κ1) is 20.4. The minimum atomic E-state index is -0.372. The zero-order chi connectivity index (χ0) is 19.8. The van der Waals surface area contributed by atoms with Crippen molar-refractivity contribution in [1.29, 1.82) is 0 Å². The Morgan fingerprint density at radius 1 is 1.04 bits per heavy atom. The van der Waals surface area contributed by atoms with E-state index in [1.165, 1.54) is 0 Å². The Morgan fingerprint density at radius 2 is 1.74 bits per heavy atom. The minimum Gasteiger partial charge on any atom is -0.493 e. The molecule has 0 aliphatic carbocycles. The molecule has 0 saturated carbocycles. The Balaban J connectivity index is 1.87. The van der Waals surface area contributed by atoms with Crippen molar-refractivity contribution in [2.75, 3.05) is 7.11 Å². The summed E-state index contributed by atoms with van der Waals surface area (Å²) in [5.41, 5.74) is 0. The van der Waals surface area contributed by atoms with Crippen molar-refractivity contribution >= 4 is 11.8 Å². The number of hydrogen-bond acceptors (Lipinski definition) is 5. The third kappa shape index (κ3) is 6.36. The molecule has 1 heterocycles. The summed E-state index contributed by atoms with van der Waals surface area (Å²) in [4.78, 5) is 24.0. The molecule has 0 aliphatic rings. The van der Waals surface area contributed by atoms with Gasteiger partial charge in [-0.3, -0.25) is 9.59 Å². The number of amides is 2. The van der Waals surface area contributed by atoms with E-state index in [1.807, 2.05) is 26.0 Å². The monoisotopic (exact) mass is 374 g/mol. The molecular formula is C20H26N2O5. The van der Waals surface area contributed by atoms with Gasteiger partial charge in [-0.2, -0.15) is 0 Å². The van der Waals surface area contributed by atoms with Crippen LogP contribution in [0.15, 0.2) is 40.8 Å². The summed E-state index contributed by atoms with van der Waals surface area (Å²) in [5, 5.41) is 5.54. The van der Waals surface area contributed by atoms with Crippen LogP contribution in [-0.4, -0.2) is 31.0 Å². The van der Waals surface area contributed by atoms with Crippen molar-refractivity contribution in [1.82, 2.24) is 10.6 Å². The summed E-state index contributed by atoms with van der Waals surface area (Å²) in [7, 11) is 1.57. The molecule has 0 spiro atoms. The van der Waals surface area contributed by atoms with Gasteiger partial charge in [-0.25, -0.2) is 0 Å². The molecule has 0 aliphatic heterocycles. The largest absolute Gasteiger partial charge is 0.493 e. The van der Waals surface area contributed by atoms with Gasteiger partial charge < -0.3 is 24.5 Å². The molecular weight excluding hydrogens is 348 g/mol. The van der Waals surface area contributed by atoms with Crippen LogP contribution in [0.3, 0.4) is 0 Å². The fourth-order valence-electron chi connectivity index (χ4n) is 2.47. The highest BCUT2D eigenvalue weighted by Crippen LogP contribution is 2.26. The quantitative estimate of drug-likeness (QED) is 0.704. The minimum absolute atomic E-state index is 0.0660. The van der Waals surface area contributed by atoms with Crippen LogP contribution < -0.4 is 20.1 Å². The lowest BCUT2D eigenvalue weighted by Crippen LogP contribution is -2.39. The number of furan rings is 1. The number of methoxy groups -OCH3 is 1. The average Bonchev–Trinajstić information content (AvgIpc) is 3.08. The van der Waals surface area contributed by atoms with E-state index in [0.29, 0.717) is 17.3 Å². The lowest BCUT2D eigenvalue weighted by atomic mass is 10.2. The highest BCUT2D eigenvalue weighted by molar-refractivity contribution is 5.92. The Labute approximate surface area is 159 Å². The van der Waals surface area contributed by atoms with E-state index in [0.717, 1.165) is 0 Å². The zero-order valence-corrected chi connectivity index (χ0v) is 16.1. The third-order valence-electron chi connectivity index (χ3n) is 3.64. The van der Waals surface area contributed by atoms with Crippen LogP contribution in [0, 0.1) is 0 Å². The molecule has 2 rings (SSSR count). The molecule has 0 saturated heterocycles. The third-order valence-corrected chi connectivity index (χ3v) is 3.64. The molecule has 1 aromatic heterocycles. The summed E-state index contributed by atoms with van der Waals surface area (Å²) >= 11 is 0. The van der Waals surface area contributed by atoms with E-state index in [-0.39, 0.29) is 42.7 Å². The van der Waals surface area contributed by atoms with Gasteiger partial charge in [0, 0.05) is 18.5 Å². The summed E-state index contributed by atoms with van der Waals surface area (Å²) in [6, 6.07) is 10.3. The molecule has 7 nitrogen and oxygen atoms in total. The van der Waals surface area contributed by atoms with Gasteiger partial charge in [0.2, 0.25) is 5.91 Å². The normalized spacial score (nSPS) is 11.7. The van der Waals surface area contributed by atoms with E-state index in [2.05, 4.69) is 10.6 Å². The summed E-state index contributed by atoms with van der Waals surface area (Å²) in [6.45, 7) is 5.71. The van der Waals surface area contributed by atoms with Crippen molar-refractivity contribution in [3.8, 4) is 11.5 Å². The number of benzene rings is 1. The van der Waals surface area contributed by atoms with Gasteiger partial charge in [-0.15, -0.1) is 0 Å². The summed E-state index contributed by atoms with van der Waals surface area (Å²) in [6.07, 6.45) is 0.203. The van der Waals surface area contributed by atoms with Crippen LogP contribution in [0.2, 0.25) is 0 Å². The maximum Gasteiger partial charge on any atom is 0.287 e. The van der Waals surface area contributed by atoms with E-state index < -0.39 is 0 Å². The van der Waals surface area contributed by atoms with Gasteiger partial charge in [0.25, 0.3) is 5.91 Å². The van der Waals surface area contributed by atoms with Crippen molar-refractivity contribution in [3.63, 3.8) is 0 Å². The molecule has 7 heteroatoms. The number of carbonyl (C=O) groups excluding carboxylic acids is 2. The smallest absolute Gasteiger partial charge is 0.287 e. The zero-order valence-electron chi connectivity index (χ0n) is 16.1. The van der Waals surface area contributed by atoms with E-state index >= 15 is 0 Å². The SMILES string of the molecule is COc1ccccc1OCc1ccc(C(=O)NC(C)CC(=O)NC(C)C)o1. The molecule has 27 heavy (non-hydrogen) atoms. The van der Waals surface area contributed by atoms with Gasteiger partial charge in [-0.1, -0.05) is 12.1 Å². The maximum atomic E-state index is 12.2. The molecule has 0 radical (unpaired) electrons. The standard InChI is InChI=1S/C20H26N2O5/c1-13(2)21-19(23)11-14(3)22-20(24)18-10-9-15(27-18)12-26-17-8-6-5-7-16(17)25-4/h5-10,13-14H,11-12H2,1-4H3,(H,21,23)(H,22,24). The fourth-order valence-corrected chi connectivity index (χ4v) is 2.47. The Morgan fingerprint density at radius 3 is 2.41 bits per heavy atom. The second kappa shape index (κ2) is 9.66. The molecule has 1 atom stereocenters. The molecule has 0 fully saturated rings. The molecule has 1 aromatic carbocycles. The molecule has 2 amide bonds. The lowest BCUT2D eigenvalue weighted by Gasteiger charge is -2.14. The van der Waals surface area contributed by atoms with Crippen LogP contribution in [0.1, 0.15) is 43.5 Å². The molecule has 2 N–H and O–H groups in total. The van der Waals surface area contributed by atoms with Crippen LogP contribution in [0.4, 0.5) is 0 Å². The molecule has 2 aromatic rings. The van der Waals surface area contributed by atoms with Crippen LogP contribution >= 0.6 is 0 Å². The average molecular weight is 374 g/mol. The number of carbonyl (C=O) groups is 2. The van der Waals surface area contributed by atoms with Crippen LogP contribution in [0.25, 0.3) is 0 Å². The van der Waals surface area contributed by atoms with Gasteiger partial charge >= 0.3 is 0 Å². The van der Waals surface area contributed by atoms with E-state index in [1.54, 1.807) is 38.3 Å². The van der Waals surface area contributed by atoms with Gasteiger partial charge in [0.15, 0.2) is 17.3 Å². The van der Waals surface area contributed by atoms with Crippen molar-refractivity contribution in [2.45, 2.75) is 45.9 Å². The number of para-hydroxylation sites is 2. The first-order valence-corrected chi connectivity index (χ1v) is 8.83. The number of nitrogens with one attached hydrogen (secondary N) is 2. The molecule has 1 unspecified atom stereocenters. The number of rotatable bonds is 9. The number of hydrogen-bond donors (Lipinski definition) is 2. The van der Waals surface area contributed by atoms with Crippen LogP contribution in [0.5, 0.6) is 11.5 Å². The maximum absolute atomic E-state index is 12.2. The van der Waals surface area contributed by atoms with E-state index in [9.17, 15) is 9.59 Å². The topological polar surface area (TPSA) is 89.8 Å². The predicted octanol–water partition coefficient (Wildman–Crippen LogP) is 2.90. The highest BCUT2D eigenvalue weighted by Gasteiger charge is 2.17. The molecule has 0 bridgehead atoms. The van der Waals surface area contributed by atoms with Gasteiger partial charge in [0.05, 0.1) is 7.11 Å². The number of ether oxygens (including phenoxy) is 2. The van der Waals surface area contributed by atoms with Crippen molar-refractivity contribution < 1.29 is 23.5 Å². The van der Waals surface area contributed by atoms with Crippen LogP contribution in [-0.2, 0) is 11.4 Å². The van der Waals surface area contributed by atoms with Gasteiger partial charge in [0.1, 0.15) is 12.4 Å². The molecule has 146 valence electrons. The summed E-state index contributed by atoms with van der Waals surface area (Å²) in [5.74, 6) is 1.41. The van der Waals surface area contributed by atoms with Crippen molar-refractivity contribution in [2.24, 2.45) is 0 Å². The predicted molar refractivity (Wildman–Crippen MR) is 101 cm³/mol. The highest BCUT2D eigenvalue weighted by atomic mass is 16.5. The first-order chi connectivity index (χ1) is 12.9. The second-order valence-electron chi connectivity index (χ2n) is 6.51. The van der Waals surface area contributed by atoms with Gasteiger partial charge in [-0.05, 0) is 45.0 Å².